The van der Waals surface area contributed by atoms with E-state index in [4.69, 9.17) is 15.9 Å². The zero-order chi connectivity index (χ0) is 22.6. The van der Waals surface area contributed by atoms with Crippen molar-refractivity contribution in [1.82, 2.24) is 0 Å². The quantitative estimate of drug-likeness (QED) is 0.0940. The Labute approximate surface area is 287 Å². The van der Waals surface area contributed by atoms with E-state index in [-0.39, 0.29) is 118 Å². The average Bonchev–Trinajstić information content (AvgIpc) is 2.70. The molecule has 0 saturated carbocycles. The molecule has 0 saturated heterocycles. The van der Waals surface area contributed by atoms with Gasteiger partial charge in [-0.25, -0.2) is 0 Å². The fourth-order valence-corrected chi connectivity index (χ4v) is 4.10. The maximum Gasteiger partial charge on any atom is 1.00 e. The number of thioether (sulfide) groups is 1. The minimum Gasteiger partial charge on any atom is -1.00 e. The number of aliphatic hydroxyl groups excluding tert-OH is 1. The summed E-state index contributed by atoms with van der Waals surface area (Å²) in [6, 6.07) is -1.01. The predicted molar refractivity (Wildman–Crippen MR) is 126 cm³/mol. The molecule has 6 nitrogen and oxygen atoms in total. The molecule has 32 heavy (non-hydrogen) atoms. The standard InChI is InChI=1S/C23H41NO5S.2K.2H/c1-2-3-4-5-6-7-8-9-10-11-12-13-16-21(30-18-19(24)23(28)29)20(25)15-14-17-22(26)27;;;;/h19-21,25H,2-12,14-15,17-18,24H2,1H3,(H,26,27)(H,28,29);;;;/q;2*+1;2*-1/t19-,20-,21+;;;;/m0..../s1. The summed E-state index contributed by atoms with van der Waals surface area (Å²) >= 11 is 1.23. The zero-order valence-electron chi connectivity index (χ0n) is 22.5. The van der Waals surface area contributed by atoms with Crippen LogP contribution in [0, 0.1) is 11.8 Å². The molecule has 3 atom stereocenters. The van der Waals surface area contributed by atoms with Crippen molar-refractivity contribution >= 4 is 23.7 Å². The smallest absolute Gasteiger partial charge is 1.00 e. The molecule has 0 bridgehead atoms. The van der Waals surface area contributed by atoms with Gasteiger partial charge in [0.1, 0.15) is 6.04 Å². The van der Waals surface area contributed by atoms with Crippen LogP contribution in [0.4, 0.5) is 0 Å². The fraction of sp³-hybridized carbons (Fsp3) is 0.826. The second-order valence-corrected chi connectivity index (χ2v) is 8.98. The van der Waals surface area contributed by atoms with Gasteiger partial charge < -0.3 is 23.9 Å². The van der Waals surface area contributed by atoms with E-state index in [1.54, 1.807) is 0 Å². The topological polar surface area (TPSA) is 121 Å². The number of hydrogen-bond acceptors (Lipinski definition) is 5. The number of rotatable bonds is 19. The summed E-state index contributed by atoms with van der Waals surface area (Å²) in [7, 11) is 0. The molecule has 0 amide bonds. The SMILES string of the molecule is CCCCCCCCCCCCC#C[C@@H](SC[C@H](N)C(=O)O)[C@@H](O)CCCC(=O)O.[H-].[H-].[K+].[K+]. The third kappa shape index (κ3) is 25.1. The van der Waals surface area contributed by atoms with Crippen LogP contribution in [-0.4, -0.2) is 50.4 Å². The van der Waals surface area contributed by atoms with Gasteiger partial charge in [0, 0.05) is 18.6 Å². The first-order chi connectivity index (χ1) is 14.4. The summed E-state index contributed by atoms with van der Waals surface area (Å²) < 4.78 is 0. The van der Waals surface area contributed by atoms with Crippen LogP contribution in [0.25, 0.3) is 0 Å². The van der Waals surface area contributed by atoms with E-state index < -0.39 is 29.3 Å². The number of hydrogen-bond donors (Lipinski definition) is 4. The number of nitrogens with two attached hydrogens (primary N) is 1. The number of carboxylic acids is 2. The molecule has 5 N–H and O–H groups in total. The predicted octanol–water partition coefficient (Wildman–Crippen LogP) is -1.34. The first kappa shape index (κ1) is 38.6. The molecule has 0 radical (unpaired) electrons. The summed E-state index contributed by atoms with van der Waals surface area (Å²) in [5.74, 6) is 4.33. The van der Waals surface area contributed by atoms with Crippen LogP contribution < -0.4 is 109 Å². The molecule has 0 fully saturated rings. The molecular formula is C23H43K2NO5S. The van der Waals surface area contributed by atoms with Crippen molar-refractivity contribution in [2.45, 2.75) is 114 Å². The first-order valence-corrected chi connectivity index (χ1v) is 12.4. The van der Waals surface area contributed by atoms with Crippen molar-refractivity contribution in [2.75, 3.05) is 5.75 Å². The van der Waals surface area contributed by atoms with Gasteiger partial charge in [-0.15, -0.1) is 17.7 Å². The normalized spacial score (nSPS) is 13.0. The monoisotopic (exact) mass is 523 g/mol. The number of aliphatic carboxylic acids is 2. The van der Waals surface area contributed by atoms with Gasteiger partial charge in [0.15, 0.2) is 0 Å². The average molecular weight is 524 g/mol. The first-order valence-electron chi connectivity index (χ1n) is 11.4. The molecule has 0 spiro atoms. The van der Waals surface area contributed by atoms with E-state index in [1.807, 2.05) is 0 Å². The van der Waals surface area contributed by atoms with Gasteiger partial charge in [-0.2, -0.15) is 0 Å². The van der Waals surface area contributed by atoms with Crippen LogP contribution in [0.2, 0.25) is 0 Å². The van der Waals surface area contributed by atoms with Crippen molar-refractivity contribution in [2.24, 2.45) is 5.73 Å². The van der Waals surface area contributed by atoms with Gasteiger partial charge >= 0.3 is 115 Å². The van der Waals surface area contributed by atoms with Gasteiger partial charge in [0.05, 0.1) is 11.4 Å². The van der Waals surface area contributed by atoms with Crippen molar-refractivity contribution in [3.05, 3.63) is 0 Å². The molecule has 9 heteroatoms. The summed E-state index contributed by atoms with van der Waals surface area (Å²) in [5.41, 5.74) is 5.55. The molecule has 0 rings (SSSR count). The van der Waals surface area contributed by atoms with E-state index in [9.17, 15) is 14.7 Å². The van der Waals surface area contributed by atoms with Crippen molar-refractivity contribution in [3.63, 3.8) is 0 Å². The minimum absolute atomic E-state index is 0. The van der Waals surface area contributed by atoms with E-state index in [2.05, 4.69) is 18.8 Å². The largest absolute Gasteiger partial charge is 1.00 e. The van der Waals surface area contributed by atoms with E-state index >= 15 is 0 Å². The van der Waals surface area contributed by atoms with E-state index in [1.165, 1.54) is 63.1 Å². The van der Waals surface area contributed by atoms with Gasteiger partial charge in [-0.1, -0.05) is 70.6 Å². The Kier molecular flexibility index (Phi) is 33.3. The second-order valence-electron chi connectivity index (χ2n) is 7.81. The molecular weight excluding hydrogens is 481 g/mol. The second kappa shape index (κ2) is 27.6. The van der Waals surface area contributed by atoms with Crippen LogP contribution in [0.15, 0.2) is 0 Å². The molecule has 0 unspecified atom stereocenters. The Balaban J connectivity index is -0.000000701. The Hall–Kier alpha value is 2.04. The maximum absolute atomic E-state index is 10.9. The van der Waals surface area contributed by atoms with Gasteiger partial charge in [0.25, 0.3) is 0 Å². The third-order valence-corrected chi connectivity index (χ3v) is 6.25. The summed E-state index contributed by atoms with van der Waals surface area (Å²) in [6.45, 7) is 2.23. The van der Waals surface area contributed by atoms with E-state index in [0.29, 0.717) is 12.8 Å². The molecule has 0 heterocycles. The van der Waals surface area contributed by atoms with Crippen LogP contribution >= 0.6 is 11.8 Å². The van der Waals surface area contributed by atoms with Crippen LogP contribution in [0.3, 0.4) is 0 Å². The van der Waals surface area contributed by atoms with Crippen LogP contribution in [-0.2, 0) is 9.59 Å². The third-order valence-electron chi connectivity index (χ3n) is 4.91. The van der Waals surface area contributed by atoms with Crippen LogP contribution in [0.1, 0.15) is 99.7 Å². The fourth-order valence-electron chi connectivity index (χ4n) is 3.01. The molecule has 0 aliphatic heterocycles. The Morgan fingerprint density at radius 1 is 0.938 bits per heavy atom. The Morgan fingerprint density at radius 3 is 1.97 bits per heavy atom. The van der Waals surface area contributed by atoms with Gasteiger partial charge in [-0.05, 0) is 19.3 Å². The van der Waals surface area contributed by atoms with Crippen molar-refractivity contribution in [3.8, 4) is 11.8 Å². The molecule has 178 valence electrons. The zero-order valence-corrected chi connectivity index (χ0v) is 27.5. The van der Waals surface area contributed by atoms with Crippen molar-refractivity contribution < 1.29 is 131 Å². The Bertz CT molecular complexity index is 539. The summed E-state index contributed by atoms with van der Waals surface area (Å²) in [6.07, 6.45) is 13.2. The Morgan fingerprint density at radius 2 is 1.47 bits per heavy atom. The van der Waals surface area contributed by atoms with Crippen LogP contribution in [0.5, 0.6) is 0 Å². The number of carboxylic acid groups (broad SMARTS) is 2. The molecule has 0 aliphatic rings. The van der Waals surface area contributed by atoms with Gasteiger partial charge in [0.2, 0.25) is 0 Å². The molecule has 0 aromatic rings. The summed E-state index contributed by atoms with van der Waals surface area (Å²) in [5, 5.41) is 27.5. The van der Waals surface area contributed by atoms with Crippen molar-refractivity contribution in [1.29, 1.82) is 0 Å². The molecule has 0 aromatic carbocycles. The molecule has 0 aliphatic carbocycles. The molecule has 0 aromatic heterocycles. The van der Waals surface area contributed by atoms with E-state index in [0.717, 1.165) is 19.3 Å². The number of carbonyl (C=O) groups is 2. The van der Waals surface area contributed by atoms with Gasteiger partial charge in [-0.3, -0.25) is 9.59 Å². The maximum atomic E-state index is 10.9. The number of aliphatic hydroxyl groups is 1. The number of unbranched alkanes of at least 4 members (excludes halogenated alkanes) is 10. The minimum atomic E-state index is -1.08. The summed E-state index contributed by atoms with van der Waals surface area (Å²) in [4.78, 5) is 21.5.